The molecular formula is C59H95N9O18S3. The van der Waals surface area contributed by atoms with Gasteiger partial charge in [-0.3, -0.25) is 39.1 Å². The lowest BCUT2D eigenvalue weighted by atomic mass is 9.82. The van der Waals surface area contributed by atoms with Crippen molar-refractivity contribution in [3.8, 4) is 5.75 Å². The van der Waals surface area contributed by atoms with Crippen LogP contribution in [0.4, 0.5) is 9.59 Å². The molecule has 2 heterocycles. The molecule has 13 N–H and O–H groups in total. The Balaban J connectivity index is 1.57. The third-order valence-corrected chi connectivity index (χ3v) is 19.0. The summed E-state index contributed by atoms with van der Waals surface area (Å²) < 4.78 is 10.9. The molecular weight excluding hydrogens is 1220 g/mol. The molecule has 0 saturated carbocycles. The van der Waals surface area contributed by atoms with E-state index in [0.717, 1.165) is 53.0 Å². The lowest BCUT2D eigenvalue weighted by Crippen LogP contribution is -2.51. The van der Waals surface area contributed by atoms with E-state index in [9.17, 15) is 73.8 Å². The first-order valence-corrected chi connectivity index (χ1v) is 33.6. The van der Waals surface area contributed by atoms with Crippen LogP contribution in [-0.4, -0.2) is 211 Å². The van der Waals surface area contributed by atoms with Gasteiger partial charge in [-0.2, -0.15) is 0 Å². The SMILES string of the molecule is CCCC(=O)OCN(C(=O)[C@@H](CC(=O)[C@H]1CCCCN1C)C(C)CC)[C@H](C[C@@H](C)c1nc(C(=O)N[C@@H](Cc2ccc(O)cc2)C[C@H](C)C(=O)NNC(=O)OCCSSC[C@@H](NC(=O)[C@@H](C)CNC(=O)NC[C@H](O)[C@@H](O)[C@H](O)[C@H](O)CO)C(=O)O)cs1)C(C)C. The number of benzene rings is 1. The van der Waals surface area contributed by atoms with Gasteiger partial charge in [-0.1, -0.05) is 102 Å². The maximum Gasteiger partial charge on any atom is 0.426 e. The monoisotopic (exact) mass is 1310 g/mol. The van der Waals surface area contributed by atoms with Crippen LogP contribution < -0.4 is 32.1 Å². The smallest absolute Gasteiger partial charge is 0.426 e. The highest BCUT2D eigenvalue weighted by atomic mass is 33.1. The number of hydrogen-bond donors (Lipinski definition) is 13. The van der Waals surface area contributed by atoms with Crippen molar-refractivity contribution in [3.63, 3.8) is 0 Å². The first-order chi connectivity index (χ1) is 42.1. The zero-order valence-electron chi connectivity index (χ0n) is 52.4. The van der Waals surface area contributed by atoms with Gasteiger partial charge in [-0.15, -0.1) is 11.3 Å². The van der Waals surface area contributed by atoms with Crippen molar-refractivity contribution < 1.29 is 88.4 Å². The molecule has 13 atom stereocenters. The predicted octanol–water partition coefficient (Wildman–Crippen LogP) is 3.05. The highest BCUT2D eigenvalue weighted by molar-refractivity contribution is 8.76. The van der Waals surface area contributed by atoms with Crippen molar-refractivity contribution in [3.05, 3.63) is 45.9 Å². The van der Waals surface area contributed by atoms with Gasteiger partial charge >= 0.3 is 24.1 Å². The lowest BCUT2D eigenvalue weighted by molar-refractivity contribution is -0.160. The number of piperidine rings is 1. The third kappa shape index (κ3) is 26.9. The van der Waals surface area contributed by atoms with Gasteiger partial charge in [0.1, 0.15) is 42.4 Å². The number of thiazole rings is 1. The molecule has 0 spiro atoms. The maximum absolute atomic E-state index is 14.9. The van der Waals surface area contributed by atoms with Gasteiger partial charge in [0.25, 0.3) is 5.91 Å². The van der Waals surface area contributed by atoms with Crippen LogP contribution in [0.25, 0.3) is 0 Å². The molecule has 89 heavy (non-hydrogen) atoms. The Morgan fingerprint density at radius 2 is 1.51 bits per heavy atom. The molecule has 3 rings (SSSR count). The molecule has 502 valence electrons. The van der Waals surface area contributed by atoms with Crippen molar-refractivity contribution in [1.82, 2.24) is 46.9 Å². The second-order valence-electron chi connectivity index (χ2n) is 23.1. The van der Waals surface area contributed by atoms with Gasteiger partial charge in [0, 0.05) is 72.7 Å². The first kappa shape index (κ1) is 77.4. The number of carbonyl (C=O) groups is 9. The topological polar surface area (TPSA) is 405 Å². The molecule has 1 unspecified atom stereocenters. The van der Waals surface area contributed by atoms with Gasteiger partial charge in [0.15, 0.2) is 12.5 Å². The maximum atomic E-state index is 14.9. The van der Waals surface area contributed by atoms with Crippen molar-refractivity contribution in [2.75, 3.05) is 58.1 Å². The van der Waals surface area contributed by atoms with E-state index in [4.69, 9.17) is 19.6 Å². The summed E-state index contributed by atoms with van der Waals surface area (Å²) in [5, 5.41) is 79.8. The number of carboxylic acid groups (broad SMARTS) is 1. The quantitative estimate of drug-likeness (QED) is 0.0150. The molecule has 1 aliphatic heterocycles. The van der Waals surface area contributed by atoms with E-state index in [1.165, 1.54) is 30.4 Å². The molecule has 27 nitrogen and oxygen atoms in total. The van der Waals surface area contributed by atoms with E-state index in [2.05, 4.69) is 37.0 Å². The first-order valence-electron chi connectivity index (χ1n) is 30.2. The van der Waals surface area contributed by atoms with Gasteiger partial charge < -0.3 is 71.4 Å². The Kier molecular flexibility index (Phi) is 34.9. The largest absolute Gasteiger partial charge is 0.508 e. The van der Waals surface area contributed by atoms with Crippen molar-refractivity contribution in [1.29, 1.82) is 0 Å². The molecule has 7 amide bonds. The zero-order chi connectivity index (χ0) is 66.5. The molecule has 30 heteroatoms. The van der Waals surface area contributed by atoms with Gasteiger partial charge in [0.05, 0.1) is 29.7 Å². The number of aromatic nitrogens is 1. The number of ketones is 1. The number of carboxylic acids is 1. The summed E-state index contributed by atoms with van der Waals surface area (Å²) in [6.07, 6.45) is -3.29. The van der Waals surface area contributed by atoms with Crippen LogP contribution >= 0.6 is 32.9 Å². The van der Waals surface area contributed by atoms with E-state index in [0.29, 0.717) is 24.3 Å². The van der Waals surface area contributed by atoms with Crippen molar-refractivity contribution in [2.24, 2.45) is 29.6 Å². The second-order valence-corrected chi connectivity index (χ2v) is 26.6. The van der Waals surface area contributed by atoms with Gasteiger partial charge in [-0.05, 0) is 81.6 Å². The van der Waals surface area contributed by atoms with Crippen molar-refractivity contribution >= 4 is 86.4 Å². The Morgan fingerprint density at radius 3 is 2.13 bits per heavy atom. The number of phenolic OH excluding ortho intramolecular Hbond substituents is 1. The standard InChI is InChI=1S/C59H95N9O18S3/c1-10-14-49(74)86-32-68(56(80)41(34(5)11-2)26-46(71)44-15-12-13-20-67(44)9)45(33(3)4)24-36(7)55-64-42(30-87-55)54(79)62-39(25-38-16-18-40(70)19-17-38)23-35(6)53(78)65-66-59(84)85-21-22-88-89-31-43(57(81)82)63-52(77)37(8)27-60-58(83)61-28-47(72)50(75)51(76)48(73)29-69/h16-19,30,33-37,39,41,43-45,47-48,50-51,69-70,72-73,75-76H,10-15,20-29,31-32H2,1-9H3,(H,62,79)(H,63,77)(H,65,78)(H,66,84)(H,81,82)(H2,60,61,83)/t34?,35-,36+,37-,39+,41-,43+,44+,45+,47-,48+,50+,51+/m0/s1. The summed E-state index contributed by atoms with van der Waals surface area (Å²) in [7, 11) is 4.15. The number of urea groups is 1. The summed E-state index contributed by atoms with van der Waals surface area (Å²) in [5.41, 5.74) is 5.40. The summed E-state index contributed by atoms with van der Waals surface area (Å²) >= 11 is 1.28. The predicted molar refractivity (Wildman–Crippen MR) is 335 cm³/mol. The average molecular weight is 1310 g/mol. The van der Waals surface area contributed by atoms with E-state index < -0.39 is 115 Å². The zero-order valence-corrected chi connectivity index (χ0v) is 54.8. The number of hydrazine groups is 1. The minimum atomic E-state index is -1.90. The number of rotatable bonds is 39. The number of aliphatic carboxylic acids is 1. The van der Waals surface area contributed by atoms with Gasteiger partial charge in [0.2, 0.25) is 17.7 Å². The summed E-state index contributed by atoms with van der Waals surface area (Å²) in [6, 6.07) is 2.82. The molecule has 0 bridgehead atoms. The van der Waals surface area contributed by atoms with Crippen LogP contribution in [0, 0.1) is 29.6 Å². The Bertz CT molecular complexity index is 2570. The van der Waals surface area contributed by atoms with E-state index in [1.807, 2.05) is 48.6 Å². The average Bonchev–Trinajstić information content (AvgIpc) is 2.25. The number of likely N-dealkylation sites (tertiary alicyclic amines) is 1. The van der Waals surface area contributed by atoms with Crippen LogP contribution in [0.3, 0.4) is 0 Å². The van der Waals surface area contributed by atoms with E-state index >= 15 is 0 Å². The molecule has 1 aliphatic rings. The number of likely N-dealkylation sites (N-methyl/N-ethyl adjacent to an activating group) is 1. The highest BCUT2D eigenvalue weighted by Gasteiger charge is 2.39. The van der Waals surface area contributed by atoms with E-state index in [-0.39, 0.29) is 104 Å². The van der Waals surface area contributed by atoms with Crippen LogP contribution in [-0.2, 0) is 44.7 Å². The number of carbonyl (C=O) groups excluding carboxylic acids is 8. The summed E-state index contributed by atoms with van der Waals surface area (Å²) in [5.74, 6) is -6.54. The number of ether oxygens (including phenoxy) is 2. The number of aliphatic hydroxyl groups excluding tert-OH is 5. The van der Waals surface area contributed by atoms with Crippen molar-refractivity contribution in [2.45, 2.75) is 174 Å². The van der Waals surface area contributed by atoms with Crippen LogP contribution in [0.5, 0.6) is 5.75 Å². The number of hydrogen-bond acceptors (Lipinski definition) is 22. The summed E-state index contributed by atoms with van der Waals surface area (Å²) in [6.45, 7) is 13.5. The molecule has 1 aromatic carbocycles. The number of amides is 7. The number of aliphatic hydroxyl groups is 5. The lowest BCUT2D eigenvalue weighted by Gasteiger charge is -2.39. The number of esters is 1. The molecule has 1 fully saturated rings. The Hall–Kier alpha value is -5.86. The fourth-order valence-corrected chi connectivity index (χ4v) is 12.6. The minimum Gasteiger partial charge on any atom is -0.508 e. The molecule has 0 aliphatic carbocycles. The van der Waals surface area contributed by atoms with Gasteiger partial charge in [-0.25, -0.2) is 24.8 Å². The van der Waals surface area contributed by atoms with Crippen LogP contribution in [0.15, 0.2) is 29.6 Å². The second kappa shape index (κ2) is 40.1. The Labute approximate surface area is 532 Å². The molecule has 1 saturated heterocycles. The number of nitrogens with zero attached hydrogens (tertiary/aromatic N) is 3. The fraction of sp³-hybridized carbons (Fsp3) is 0.695. The fourth-order valence-electron chi connectivity index (χ4n) is 9.73. The highest BCUT2D eigenvalue weighted by Crippen LogP contribution is 2.33. The number of Topliss-reactive ketones (excluding diaryl/α,β-unsaturated/α-hetero) is 1. The summed E-state index contributed by atoms with van der Waals surface area (Å²) in [4.78, 5) is 127. The molecule has 1 aromatic heterocycles. The minimum absolute atomic E-state index is 0.0338. The number of aromatic hydroxyl groups is 1. The normalized spacial score (nSPS) is 17.5. The molecule has 0 radical (unpaired) electrons. The third-order valence-electron chi connectivity index (χ3n) is 15.5. The van der Waals surface area contributed by atoms with Crippen LogP contribution in [0.1, 0.15) is 140 Å². The number of nitrogens with one attached hydrogen (secondary N) is 6. The number of phenols is 1. The Morgan fingerprint density at radius 1 is 0.831 bits per heavy atom. The van der Waals surface area contributed by atoms with Crippen LogP contribution in [0.2, 0.25) is 0 Å². The van der Waals surface area contributed by atoms with E-state index in [1.54, 1.807) is 29.3 Å². The molecule has 2 aromatic rings.